The van der Waals surface area contributed by atoms with E-state index in [2.05, 4.69) is 0 Å². The second kappa shape index (κ2) is 8.65. The minimum Gasteiger partial charge on any atom is -0.329 e. The van der Waals surface area contributed by atoms with Gasteiger partial charge in [-0.1, -0.05) is 65.4 Å². The summed E-state index contributed by atoms with van der Waals surface area (Å²) in [6.07, 6.45) is 0. The van der Waals surface area contributed by atoms with Gasteiger partial charge in [-0.15, -0.1) is 0 Å². The summed E-state index contributed by atoms with van der Waals surface area (Å²) in [5.74, 6) is -0.133. The Balaban J connectivity index is 1.65. The van der Waals surface area contributed by atoms with E-state index in [0.29, 0.717) is 17.1 Å². The lowest BCUT2D eigenvalue weighted by Crippen LogP contribution is -2.29. The number of fused-ring (bicyclic) bond motifs is 1. The van der Waals surface area contributed by atoms with Crippen molar-refractivity contribution in [3.63, 3.8) is 0 Å². The summed E-state index contributed by atoms with van der Waals surface area (Å²) >= 11 is 7.06. The number of nitro groups is 1. The zero-order valence-corrected chi connectivity index (χ0v) is 17.4. The molecule has 1 aromatic heterocycles. The monoisotopic (exact) mass is 436 g/mol. The van der Waals surface area contributed by atoms with E-state index in [-0.39, 0.29) is 17.5 Å². The molecule has 0 bridgehead atoms. The fourth-order valence-electron chi connectivity index (χ4n) is 3.25. The van der Waals surface area contributed by atoms with Gasteiger partial charge in [0.05, 0.1) is 11.5 Å². The van der Waals surface area contributed by atoms with Crippen LogP contribution >= 0.6 is 22.9 Å². The molecule has 0 N–H and O–H groups in total. The van der Waals surface area contributed by atoms with Crippen LogP contribution in [0.3, 0.4) is 0 Å². The number of thiophene rings is 1. The molecule has 0 radical (unpaired) electrons. The average molecular weight is 437 g/mol. The molecule has 150 valence electrons. The van der Waals surface area contributed by atoms with E-state index in [4.69, 9.17) is 11.6 Å². The molecule has 0 atom stereocenters. The van der Waals surface area contributed by atoms with Crippen molar-refractivity contribution in [3.05, 3.63) is 110 Å². The van der Waals surface area contributed by atoms with Crippen LogP contribution in [0, 0.1) is 10.1 Å². The Hall–Kier alpha value is -3.22. The van der Waals surface area contributed by atoms with Crippen molar-refractivity contribution in [3.8, 4) is 0 Å². The van der Waals surface area contributed by atoms with Gasteiger partial charge in [-0.2, -0.15) is 0 Å². The van der Waals surface area contributed by atoms with Crippen LogP contribution in [0.5, 0.6) is 0 Å². The Morgan fingerprint density at radius 2 is 1.67 bits per heavy atom. The van der Waals surface area contributed by atoms with Crippen LogP contribution in [0.25, 0.3) is 10.8 Å². The number of halogens is 1. The van der Waals surface area contributed by atoms with Gasteiger partial charge in [0.15, 0.2) is 0 Å². The zero-order valence-electron chi connectivity index (χ0n) is 15.8. The first kappa shape index (κ1) is 20.1. The highest BCUT2D eigenvalue weighted by Crippen LogP contribution is 2.27. The lowest BCUT2D eigenvalue weighted by Gasteiger charge is -2.22. The quantitative estimate of drug-likeness (QED) is 0.263. The molecule has 0 aliphatic carbocycles. The Morgan fingerprint density at radius 3 is 2.37 bits per heavy atom. The van der Waals surface area contributed by atoms with E-state index < -0.39 is 4.92 Å². The molecule has 0 saturated carbocycles. The Kier molecular flexibility index (Phi) is 5.79. The van der Waals surface area contributed by atoms with Crippen molar-refractivity contribution >= 4 is 44.6 Å². The zero-order chi connectivity index (χ0) is 21.1. The molecule has 0 aliphatic heterocycles. The van der Waals surface area contributed by atoms with Gasteiger partial charge in [-0.25, -0.2) is 0 Å². The van der Waals surface area contributed by atoms with Crippen LogP contribution in [0.1, 0.15) is 20.8 Å². The third-order valence-electron chi connectivity index (χ3n) is 4.74. The lowest BCUT2D eigenvalue weighted by atomic mass is 10.1. The number of carbonyl (C=O) groups is 1. The summed E-state index contributed by atoms with van der Waals surface area (Å²) < 4.78 is 0. The number of benzene rings is 3. The van der Waals surface area contributed by atoms with Crippen LogP contribution in [0.2, 0.25) is 5.02 Å². The maximum absolute atomic E-state index is 13.4. The first-order valence-corrected chi connectivity index (χ1v) is 10.4. The summed E-state index contributed by atoms with van der Waals surface area (Å²) in [6.45, 7) is 0.654. The molecule has 1 heterocycles. The van der Waals surface area contributed by atoms with Gasteiger partial charge in [0.25, 0.3) is 5.91 Å². The summed E-state index contributed by atoms with van der Waals surface area (Å²) in [5, 5.41) is 13.8. The van der Waals surface area contributed by atoms with Gasteiger partial charge in [-0.05, 0) is 46.7 Å². The van der Waals surface area contributed by atoms with Gasteiger partial charge in [0, 0.05) is 28.1 Å². The normalized spacial score (nSPS) is 10.8. The molecule has 7 heteroatoms. The Labute approximate surface area is 182 Å². The van der Waals surface area contributed by atoms with Crippen molar-refractivity contribution in [1.29, 1.82) is 0 Å². The lowest BCUT2D eigenvalue weighted by molar-refractivity contribution is -0.380. The van der Waals surface area contributed by atoms with E-state index in [9.17, 15) is 14.9 Å². The fourth-order valence-corrected chi connectivity index (χ4v) is 4.21. The van der Waals surface area contributed by atoms with Crippen LogP contribution in [0.15, 0.2) is 78.9 Å². The van der Waals surface area contributed by atoms with E-state index >= 15 is 0 Å². The number of hydrogen-bond acceptors (Lipinski definition) is 4. The first-order valence-electron chi connectivity index (χ1n) is 9.25. The summed E-state index contributed by atoms with van der Waals surface area (Å²) in [4.78, 5) is 26.4. The number of amides is 1. The molecule has 4 rings (SSSR count). The molecular formula is C23H17ClN2O3S. The summed E-state index contributed by atoms with van der Waals surface area (Å²) in [7, 11) is 0. The van der Waals surface area contributed by atoms with Crippen LogP contribution in [-0.2, 0) is 13.1 Å². The van der Waals surface area contributed by atoms with E-state index in [1.807, 2.05) is 54.6 Å². The third kappa shape index (κ3) is 4.50. The fraction of sp³-hybridized carbons (Fsp3) is 0.0870. The molecule has 1 amide bonds. The molecule has 30 heavy (non-hydrogen) atoms. The SMILES string of the molecule is O=C(c1ccc2ccccc2c1)N(Cc1ccc(Cl)cc1)Cc1ccc([N+](=O)[O-])s1. The summed E-state index contributed by atoms with van der Waals surface area (Å²) in [6, 6.07) is 24.0. The van der Waals surface area contributed by atoms with Crippen molar-refractivity contribution in [2.45, 2.75) is 13.1 Å². The third-order valence-corrected chi connectivity index (χ3v) is 6.02. The number of rotatable bonds is 6. The van der Waals surface area contributed by atoms with Gasteiger partial charge in [0.2, 0.25) is 0 Å². The van der Waals surface area contributed by atoms with E-state index in [0.717, 1.165) is 32.5 Å². The standard InChI is InChI=1S/C23H17ClN2O3S/c24-20-9-5-16(6-10-20)14-25(15-21-11-12-22(30-21)26(28)29)23(27)19-8-7-17-3-1-2-4-18(17)13-19/h1-13H,14-15H2. The van der Waals surface area contributed by atoms with Crippen LogP contribution in [-0.4, -0.2) is 15.7 Å². The minimum absolute atomic E-state index is 0.0644. The van der Waals surface area contributed by atoms with Crippen molar-refractivity contribution in [2.24, 2.45) is 0 Å². The van der Waals surface area contributed by atoms with E-state index in [1.165, 1.54) is 6.07 Å². The highest BCUT2D eigenvalue weighted by molar-refractivity contribution is 7.15. The second-order valence-electron chi connectivity index (χ2n) is 6.85. The van der Waals surface area contributed by atoms with E-state index in [1.54, 1.807) is 23.1 Å². The van der Waals surface area contributed by atoms with Gasteiger partial charge < -0.3 is 4.90 Å². The van der Waals surface area contributed by atoms with Gasteiger partial charge in [-0.3, -0.25) is 14.9 Å². The van der Waals surface area contributed by atoms with Crippen molar-refractivity contribution < 1.29 is 9.72 Å². The molecule has 0 saturated heterocycles. The molecule has 3 aromatic carbocycles. The first-order chi connectivity index (χ1) is 14.5. The smallest absolute Gasteiger partial charge is 0.324 e. The second-order valence-corrected chi connectivity index (χ2v) is 8.43. The van der Waals surface area contributed by atoms with Crippen LogP contribution < -0.4 is 0 Å². The summed E-state index contributed by atoms with van der Waals surface area (Å²) in [5.41, 5.74) is 1.51. The molecule has 0 unspecified atom stereocenters. The number of nitrogens with zero attached hydrogens (tertiary/aromatic N) is 2. The number of hydrogen-bond donors (Lipinski definition) is 0. The molecule has 4 aromatic rings. The number of carbonyl (C=O) groups excluding carboxylic acids is 1. The highest BCUT2D eigenvalue weighted by atomic mass is 35.5. The Bertz CT molecular complexity index is 1220. The molecule has 5 nitrogen and oxygen atoms in total. The Morgan fingerprint density at radius 1 is 0.933 bits per heavy atom. The topological polar surface area (TPSA) is 63.5 Å². The minimum atomic E-state index is -0.414. The van der Waals surface area contributed by atoms with Crippen LogP contribution in [0.4, 0.5) is 5.00 Å². The highest BCUT2D eigenvalue weighted by Gasteiger charge is 2.19. The van der Waals surface area contributed by atoms with Crippen molar-refractivity contribution in [1.82, 2.24) is 4.90 Å². The van der Waals surface area contributed by atoms with Crippen molar-refractivity contribution in [2.75, 3.05) is 0 Å². The molecular weight excluding hydrogens is 420 g/mol. The average Bonchev–Trinajstić information content (AvgIpc) is 3.23. The van der Waals surface area contributed by atoms with Gasteiger partial charge in [0.1, 0.15) is 0 Å². The predicted octanol–water partition coefficient (Wildman–Crippen LogP) is 6.31. The molecule has 0 aliphatic rings. The molecule has 0 spiro atoms. The predicted molar refractivity (Wildman–Crippen MR) is 120 cm³/mol. The maximum Gasteiger partial charge on any atom is 0.324 e. The van der Waals surface area contributed by atoms with Gasteiger partial charge >= 0.3 is 5.00 Å². The maximum atomic E-state index is 13.4. The molecule has 0 fully saturated rings. The largest absolute Gasteiger partial charge is 0.329 e.